The van der Waals surface area contributed by atoms with Gasteiger partial charge in [-0.25, -0.2) is 18.2 Å². The van der Waals surface area contributed by atoms with E-state index in [2.05, 4.69) is 15.3 Å². The molecule has 10 nitrogen and oxygen atoms in total. The lowest BCUT2D eigenvalue weighted by molar-refractivity contribution is -0.145. The maximum Gasteiger partial charge on any atom is 0.407 e. The number of aliphatic hydroxyl groups is 1. The topological polar surface area (TPSA) is 134 Å². The molecule has 1 aromatic heterocycles. The quantitative estimate of drug-likeness (QED) is 0.329. The van der Waals surface area contributed by atoms with E-state index in [1.165, 1.54) is 18.5 Å². The number of fused-ring (bicyclic) bond motifs is 1. The molecule has 0 saturated heterocycles. The Balaban J connectivity index is 1.60. The molecule has 1 heterocycles. The molecule has 0 aliphatic heterocycles. The van der Waals surface area contributed by atoms with E-state index in [4.69, 9.17) is 9.57 Å². The second kappa shape index (κ2) is 11.8. The van der Waals surface area contributed by atoms with Gasteiger partial charge in [-0.2, -0.15) is 0 Å². The lowest BCUT2D eigenvalue weighted by atomic mass is 10.0. The Kier molecular flexibility index (Phi) is 8.71. The van der Waals surface area contributed by atoms with Gasteiger partial charge in [0.1, 0.15) is 5.60 Å². The molecule has 3 aromatic rings. The zero-order valence-electron chi connectivity index (χ0n) is 22.0. The van der Waals surface area contributed by atoms with Crippen molar-refractivity contribution < 1.29 is 27.9 Å². The highest BCUT2D eigenvalue weighted by Crippen LogP contribution is 2.27. The van der Waals surface area contributed by atoms with Crippen LogP contribution in [0.1, 0.15) is 52.0 Å². The Labute approximate surface area is 223 Å². The largest absolute Gasteiger partial charge is 0.444 e. The zero-order valence-corrected chi connectivity index (χ0v) is 22.8. The number of aromatic nitrogens is 2. The van der Waals surface area contributed by atoms with Crippen molar-refractivity contribution in [1.82, 2.24) is 19.8 Å². The minimum Gasteiger partial charge on any atom is -0.444 e. The number of amides is 1. The average Bonchev–Trinajstić information content (AvgIpc) is 3.54. The van der Waals surface area contributed by atoms with Crippen molar-refractivity contribution in [3.8, 4) is 0 Å². The van der Waals surface area contributed by atoms with Gasteiger partial charge in [0, 0.05) is 0 Å². The SMILES string of the molecule is CC(C)(C)OC(=O)N[C@@H](Cc1ccccc1)[C@@H](O)CN(OC1CCCC1)S(=O)(=O)c1ccc2nc[nH]c2c1. The number of hydroxylamine groups is 1. The first kappa shape index (κ1) is 28.0. The number of alkyl carbamates (subject to hydrolysis) is 1. The van der Waals surface area contributed by atoms with Crippen LogP contribution in [0.5, 0.6) is 0 Å². The van der Waals surface area contributed by atoms with E-state index in [1.807, 2.05) is 30.3 Å². The maximum absolute atomic E-state index is 13.8. The van der Waals surface area contributed by atoms with Crippen molar-refractivity contribution in [2.75, 3.05) is 6.54 Å². The summed E-state index contributed by atoms with van der Waals surface area (Å²) in [4.78, 5) is 25.7. The number of ether oxygens (including phenoxy) is 1. The van der Waals surface area contributed by atoms with Crippen molar-refractivity contribution in [3.63, 3.8) is 0 Å². The summed E-state index contributed by atoms with van der Waals surface area (Å²) in [6.45, 7) is 4.85. The molecule has 0 bridgehead atoms. The summed E-state index contributed by atoms with van der Waals surface area (Å²) in [6.07, 6.45) is 2.82. The molecule has 0 radical (unpaired) electrons. The number of rotatable bonds is 10. The first-order chi connectivity index (χ1) is 18.0. The molecular weight excluding hydrogens is 508 g/mol. The van der Waals surface area contributed by atoms with E-state index in [1.54, 1.807) is 26.8 Å². The third-order valence-corrected chi connectivity index (χ3v) is 7.95. The molecule has 2 aromatic carbocycles. The number of nitrogens with one attached hydrogen (secondary N) is 2. The average molecular weight is 545 g/mol. The van der Waals surface area contributed by atoms with Gasteiger partial charge < -0.3 is 20.1 Å². The summed E-state index contributed by atoms with van der Waals surface area (Å²) in [5.41, 5.74) is 1.33. The van der Waals surface area contributed by atoms with Gasteiger partial charge in [0.2, 0.25) is 0 Å². The van der Waals surface area contributed by atoms with Gasteiger partial charge in [0.15, 0.2) is 0 Å². The van der Waals surface area contributed by atoms with Crippen molar-refractivity contribution in [2.45, 2.75) is 81.6 Å². The van der Waals surface area contributed by atoms with E-state index in [0.29, 0.717) is 11.0 Å². The summed E-state index contributed by atoms with van der Waals surface area (Å²) < 4.78 is 33.8. The smallest absolute Gasteiger partial charge is 0.407 e. The fourth-order valence-electron chi connectivity index (χ4n) is 4.44. The molecule has 1 fully saturated rings. The van der Waals surface area contributed by atoms with Crippen molar-refractivity contribution in [1.29, 1.82) is 0 Å². The summed E-state index contributed by atoms with van der Waals surface area (Å²) in [5, 5.41) is 14.1. The molecule has 4 rings (SSSR count). The number of sulfonamides is 1. The van der Waals surface area contributed by atoms with Gasteiger partial charge >= 0.3 is 6.09 Å². The number of aliphatic hydroxyl groups excluding tert-OH is 1. The van der Waals surface area contributed by atoms with E-state index >= 15 is 0 Å². The summed E-state index contributed by atoms with van der Waals surface area (Å²) in [7, 11) is -4.16. The Hall–Kier alpha value is -2.99. The summed E-state index contributed by atoms with van der Waals surface area (Å²) in [6, 6.07) is 13.1. The molecule has 1 aliphatic carbocycles. The minimum absolute atomic E-state index is 0.0131. The van der Waals surface area contributed by atoms with Gasteiger partial charge in [0.25, 0.3) is 10.0 Å². The lowest BCUT2D eigenvalue weighted by Crippen LogP contribution is -2.51. The minimum atomic E-state index is -4.16. The van der Waals surface area contributed by atoms with Crippen molar-refractivity contribution in [3.05, 3.63) is 60.4 Å². The molecule has 1 amide bonds. The molecule has 2 atom stereocenters. The molecule has 206 valence electrons. The van der Waals surface area contributed by atoms with Crippen molar-refractivity contribution in [2.24, 2.45) is 0 Å². The standard InChI is InChI=1S/C27H36N4O6S/c1-27(2,3)36-26(33)30-24(15-19-9-5-4-6-10-19)25(32)17-31(37-20-11-7-8-12-20)38(34,35)21-13-14-22-23(16-21)29-18-28-22/h4-6,9-10,13-14,16,18,20,24-25,32H,7-8,11-12,15,17H2,1-3H3,(H,28,29)(H,30,33)/t24-,25-/m0/s1. The van der Waals surface area contributed by atoms with E-state index in [-0.39, 0.29) is 24.0 Å². The highest BCUT2D eigenvalue weighted by Gasteiger charge is 2.35. The van der Waals surface area contributed by atoms with Crippen molar-refractivity contribution >= 4 is 27.1 Å². The number of aromatic amines is 1. The number of H-pyrrole nitrogens is 1. The predicted octanol–water partition coefficient (Wildman–Crippen LogP) is 3.92. The summed E-state index contributed by atoms with van der Waals surface area (Å²) >= 11 is 0. The fraction of sp³-hybridized carbons (Fsp3) is 0.481. The fourth-order valence-corrected chi connectivity index (χ4v) is 5.77. The van der Waals surface area contributed by atoms with Crippen LogP contribution in [0.3, 0.4) is 0 Å². The number of hydrogen-bond acceptors (Lipinski definition) is 7. The Morgan fingerprint density at radius 2 is 1.89 bits per heavy atom. The predicted molar refractivity (Wildman–Crippen MR) is 143 cm³/mol. The van der Waals surface area contributed by atoms with Crippen LogP contribution in [-0.4, -0.2) is 64.4 Å². The number of carbonyl (C=O) groups excluding carboxylic acids is 1. The number of nitrogens with zero attached hydrogens (tertiary/aromatic N) is 2. The molecule has 3 N–H and O–H groups in total. The highest BCUT2D eigenvalue weighted by molar-refractivity contribution is 7.89. The van der Waals surface area contributed by atoms with Crippen LogP contribution in [0.15, 0.2) is 59.8 Å². The van der Waals surface area contributed by atoms with Crippen LogP contribution in [0, 0.1) is 0 Å². The molecular formula is C27H36N4O6S. The second-order valence-electron chi connectivity index (χ2n) is 10.6. The molecule has 1 saturated carbocycles. The molecule has 0 unspecified atom stereocenters. The van der Waals surface area contributed by atoms with Crippen LogP contribution in [-0.2, 0) is 26.0 Å². The highest BCUT2D eigenvalue weighted by atomic mass is 32.2. The van der Waals surface area contributed by atoms with E-state index in [9.17, 15) is 18.3 Å². The van der Waals surface area contributed by atoms with Gasteiger partial charge in [-0.3, -0.25) is 4.84 Å². The van der Waals surface area contributed by atoms with Gasteiger partial charge in [-0.1, -0.05) is 47.6 Å². The Bertz CT molecular complexity index is 1320. The molecule has 38 heavy (non-hydrogen) atoms. The number of carbonyl (C=O) groups is 1. The van der Waals surface area contributed by atoms with Crippen LogP contribution < -0.4 is 5.32 Å². The third kappa shape index (κ3) is 7.31. The number of hydrogen-bond donors (Lipinski definition) is 3. The Morgan fingerprint density at radius 3 is 2.58 bits per heavy atom. The summed E-state index contributed by atoms with van der Waals surface area (Å²) in [5.74, 6) is 0. The zero-order chi connectivity index (χ0) is 27.3. The first-order valence-electron chi connectivity index (χ1n) is 12.9. The first-order valence-corrected chi connectivity index (χ1v) is 14.3. The number of imidazole rings is 1. The van der Waals surface area contributed by atoms with Gasteiger partial charge in [0.05, 0.1) is 47.1 Å². The second-order valence-corrected chi connectivity index (χ2v) is 12.4. The molecule has 0 spiro atoms. The van der Waals surface area contributed by atoms with Gasteiger partial charge in [-0.05, 0) is 63.8 Å². The van der Waals surface area contributed by atoms with Crippen LogP contribution in [0.2, 0.25) is 0 Å². The normalized spacial score (nSPS) is 16.6. The van der Waals surface area contributed by atoms with Crippen LogP contribution in [0.25, 0.3) is 11.0 Å². The molecule has 11 heteroatoms. The monoisotopic (exact) mass is 544 g/mol. The maximum atomic E-state index is 13.8. The van der Waals surface area contributed by atoms with Gasteiger partial charge in [-0.15, -0.1) is 0 Å². The van der Waals surface area contributed by atoms with E-state index in [0.717, 1.165) is 35.7 Å². The number of benzene rings is 2. The van der Waals surface area contributed by atoms with E-state index < -0.39 is 33.9 Å². The molecule has 1 aliphatic rings. The lowest BCUT2D eigenvalue weighted by Gasteiger charge is -2.31. The third-order valence-electron chi connectivity index (χ3n) is 6.33. The van der Waals surface area contributed by atoms with Crippen LogP contribution >= 0.6 is 0 Å². The van der Waals surface area contributed by atoms with Crippen LogP contribution in [0.4, 0.5) is 4.79 Å². The Morgan fingerprint density at radius 1 is 1.18 bits per heavy atom.